The first-order chi connectivity index (χ1) is 8.74. The molecule has 0 atom stereocenters. The van der Waals surface area contributed by atoms with Crippen LogP contribution in [0.1, 0.15) is 0 Å². The van der Waals surface area contributed by atoms with Gasteiger partial charge >= 0.3 is 0 Å². The van der Waals surface area contributed by atoms with Gasteiger partial charge in [0.25, 0.3) is 0 Å². The molecule has 0 saturated heterocycles. The minimum atomic E-state index is 0.165. The first-order valence-corrected chi connectivity index (χ1v) is 6.18. The molecule has 2 nitrogen and oxygen atoms in total. The monoisotopic (exact) mass is 274 g/mol. The molecule has 1 heterocycles. The number of hydrogen-bond acceptors (Lipinski definition) is 2. The lowest BCUT2D eigenvalue weighted by atomic mass is 10.0. The van der Waals surface area contributed by atoms with Gasteiger partial charge in [-0.05, 0) is 34.9 Å². The number of rotatable bonds is 1. The van der Waals surface area contributed by atoms with E-state index in [0.29, 0.717) is 5.15 Å². The molecule has 0 fully saturated rings. The van der Waals surface area contributed by atoms with Crippen molar-refractivity contribution in [2.45, 2.75) is 0 Å². The first kappa shape index (κ1) is 11.5. The lowest BCUT2D eigenvalue weighted by molar-refractivity contribution is 1.22. The molecule has 1 aromatic heterocycles. The van der Waals surface area contributed by atoms with Gasteiger partial charge in [-0.25, -0.2) is 9.97 Å². The van der Waals surface area contributed by atoms with E-state index >= 15 is 0 Å². The molecule has 0 saturated carbocycles. The largest absolute Gasteiger partial charge is 0.224 e. The van der Waals surface area contributed by atoms with Gasteiger partial charge in [0.1, 0.15) is 5.15 Å². The molecule has 0 aliphatic carbocycles. The van der Waals surface area contributed by atoms with Crippen molar-refractivity contribution in [3.8, 4) is 11.1 Å². The van der Waals surface area contributed by atoms with Gasteiger partial charge in [-0.3, -0.25) is 0 Å². The summed E-state index contributed by atoms with van der Waals surface area (Å²) in [5, 5.41) is 1.35. The average Bonchev–Trinajstić information content (AvgIpc) is 2.39. The van der Waals surface area contributed by atoms with E-state index in [1.165, 1.54) is 0 Å². The quantitative estimate of drug-likeness (QED) is 0.479. The van der Waals surface area contributed by atoms with Crippen molar-refractivity contribution in [3.63, 3.8) is 0 Å². The summed E-state index contributed by atoms with van der Waals surface area (Å²) < 4.78 is 0. The van der Waals surface area contributed by atoms with Crippen LogP contribution in [0.5, 0.6) is 0 Å². The maximum Gasteiger partial charge on any atom is 0.224 e. The van der Waals surface area contributed by atoms with Crippen molar-refractivity contribution in [1.82, 2.24) is 9.97 Å². The molecule has 18 heavy (non-hydrogen) atoms. The van der Waals surface area contributed by atoms with Crippen LogP contribution in [-0.2, 0) is 0 Å². The van der Waals surface area contributed by atoms with Crippen molar-refractivity contribution in [3.05, 3.63) is 59.0 Å². The van der Waals surface area contributed by atoms with Crippen LogP contribution in [0.3, 0.4) is 0 Å². The first-order valence-electron chi connectivity index (χ1n) is 5.42. The maximum absolute atomic E-state index is 6.03. The summed E-state index contributed by atoms with van der Waals surface area (Å²) >= 11 is 11.8. The third-order valence-electron chi connectivity index (χ3n) is 2.73. The summed E-state index contributed by atoms with van der Waals surface area (Å²) in [6.45, 7) is 0. The van der Waals surface area contributed by atoms with E-state index in [4.69, 9.17) is 23.2 Å². The van der Waals surface area contributed by atoms with Crippen LogP contribution in [0.2, 0.25) is 10.4 Å². The Morgan fingerprint density at radius 2 is 1.56 bits per heavy atom. The number of halogens is 2. The highest BCUT2D eigenvalue weighted by atomic mass is 35.5. The average molecular weight is 275 g/mol. The highest BCUT2D eigenvalue weighted by Crippen LogP contribution is 2.27. The summed E-state index contributed by atoms with van der Waals surface area (Å²) in [7, 11) is 0. The fourth-order valence-corrected chi connectivity index (χ4v) is 2.33. The SMILES string of the molecule is Clc1nc(Cl)c2ccc(-c3ccccc3)cc2n1. The van der Waals surface area contributed by atoms with E-state index < -0.39 is 0 Å². The standard InChI is InChI=1S/C14H8Cl2N2/c15-13-11-7-6-10(9-4-2-1-3-5-9)8-12(11)17-14(16)18-13/h1-8H. The molecule has 0 amide bonds. The minimum Gasteiger partial charge on any atom is -0.218 e. The Morgan fingerprint density at radius 3 is 2.33 bits per heavy atom. The van der Waals surface area contributed by atoms with Crippen LogP contribution in [-0.4, -0.2) is 9.97 Å². The zero-order valence-corrected chi connectivity index (χ0v) is 10.8. The van der Waals surface area contributed by atoms with Gasteiger partial charge in [0.15, 0.2) is 0 Å². The second kappa shape index (κ2) is 4.56. The third kappa shape index (κ3) is 2.05. The van der Waals surface area contributed by atoms with E-state index in [9.17, 15) is 0 Å². The second-order valence-electron chi connectivity index (χ2n) is 3.88. The zero-order valence-electron chi connectivity index (χ0n) is 9.27. The Kier molecular flexibility index (Phi) is 2.90. The van der Waals surface area contributed by atoms with Gasteiger partial charge in [-0.2, -0.15) is 0 Å². The molecule has 0 radical (unpaired) electrons. The van der Waals surface area contributed by atoms with E-state index in [0.717, 1.165) is 22.0 Å². The van der Waals surface area contributed by atoms with E-state index in [1.807, 2.05) is 48.5 Å². The Hall–Kier alpha value is -1.64. The highest BCUT2D eigenvalue weighted by Gasteiger charge is 2.06. The maximum atomic E-state index is 6.03. The molecule has 0 bridgehead atoms. The molecule has 4 heteroatoms. The predicted molar refractivity (Wildman–Crippen MR) is 75.0 cm³/mol. The summed E-state index contributed by atoms with van der Waals surface area (Å²) in [6.07, 6.45) is 0. The number of benzene rings is 2. The smallest absolute Gasteiger partial charge is 0.218 e. The van der Waals surface area contributed by atoms with Crippen molar-refractivity contribution < 1.29 is 0 Å². The summed E-state index contributed by atoms with van der Waals surface area (Å²) in [5.41, 5.74) is 2.96. The van der Waals surface area contributed by atoms with Crippen LogP contribution in [0, 0.1) is 0 Å². The molecular weight excluding hydrogens is 267 g/mol. The normalized spacial score (nSPS) is 10.8. The van der Waals surface area contributed by atoms with Gasteiger partial charge in [0.05, 0.1) is 5.52 Å². The molecule has 0 aliphatic heterocycles. The fraction of sp³-hybridized carbons (Fsp3) is 0. The summed E-state index contributed by atoms with van der Waals surface area (Å²) in [4.78, 5) is 8.12. The molecule has 0 spiro atoms. The molecule has 88 valence electrons. The van der Waals surface area contributed by atoms with Gasteiger partial charge in [0, 0.05) is 5.39 Å². The lowest BCUT2D eigenvalue weighted by Gasteiger charge is -2.04. The van der Waals surface area contributed by atoms with Crippen LogP contribution < -0.4 is 0 Å². The Bertz CT molecular complexity index is 712. The topological polar surface area (TPSA) is 25.8 Å². The Labute approximate surface area is 114 Å². The van der Waals surface area contributed by atoms with Crippen LogP contribution in [0.25, 0.3) is 22.0 Å². The van der Waals surface area contributed by atoms with Crippen LogP contribution in [0.15, 0.2) is 48.5 Å². The van der Waals surface area contributed by atoms with Crippen molar-refractivity contribution in [1.29, 1.82) is 0 Å². The molecule has 2 aromatic carbocycles. The highest BCUT2D eigenvalue weighted by molar-refractivity contribution is 6.35. The van der Waals surface area contributed by atoms with Crippen LogP contribution >= 0.6 is 23.2 Å². The predicted octanol–water partition coefficient (Wildman–Crippen LogP) is 4.60. The third-order valence-corrected chi connectivity index (χ3v) is 3.19. The Balaban J connectivity index is 2.23. The van der Waals surface area contributed by atoms with Gasteiger partial charge in [-0.15, -0.1) is 0 Å². The van der Waals surface area contributed by atoms with E-state index in [-0.39, 0.29) is 5.28 Å². The lowest BCUT2D eigenvalue weighted by Crippen LogP contribution is -1.87. The number of nitrogens with zero attached hydrogens (tertiary/aromatic N) is 2. The van der Waals surface area contributed by atoms with Crippen molar-refractivity contribution in [2.24, 2.45) is 0 Å². The molecule has 0 aliphatic rings. The number of fused-ring (bicyclic) bond motifs is 1. The molecular formula is C14H8Cl2N2. The van der Waals surface area contributed by atoms with Gasteiger partial charge in [-0.1, -0.05) is 48.0 Å². The fourth-order valence-electron chi connectivity index (χ4n) is 1.87. The molecule has 3 rings (SSSR count). The van der Waals surface area contributed by atoms with Crippen molar-refractivity contribution in [2.75, 3.05) is 0 Å². The van der Waals surface area contributed by atoms with Crippen LogP contribution in [0.4, 0.5) is 0 Å². The van der Waals surface area contributed by atoms with Gasteiger partial charge in [0.2, 0.25) is 5.28 Å². The van der Waals surface area contributed by atoms with Crippen molar-refractivity contribution >= 4 is 34.1 Å². The summed E-state index contributed by atoms with van der Waals surface area (Å²) in [6, 6.07) is 16.0. The molecule has 0 unspecified atom stereocenters. The zero-order chi connectivity index (χ0) is 12.5. The Morgan fingerprint density at radius 1 is 0.778 bits per heavy atom. The minimum absolute atomic E-state index is 0.165. The number of aromatic nitrogens is 2. The molecule has 0 N–H and O–H groups in total. The van der Waals surface area contributed by atoms with E-state index in [2.05, 4.69) is 9.97 Å². The second-order valence-corrected chi connectivity index (χ2v) is 4.58. The summed E-state index contributed by atoms with van der Waals surface area (Å²) in [5.74, 6) is 0. The molecule has 3 aromatic rings. The van der Waals surface area contributed by atoms with E-state index in [1.54, 1.807) is 0 Å². The number of hydrogen-bond donors (Lipinski definition) is 0. The van der Waals surface area contributed by atoms with Gasteiger partial charge < -0.3 is 0 Å².